The number of anilines is 2. The normalized spacial score (nSPS) is 18.3. The fraction of sp³-hybridized carbons (Fsp3) is 0.611. The molecule has 1 aromatic rings. The van der Waals surface area contributed by atoms with Gasteiger partial charge in [-0.2, -0.15) is 0 Å². The number of carbonyl (C=O) groups is 1. The van der Waals surface area contributed by atoms with Crippen molar-refractivity contribution in [2.45, 2.75) is 39.0 Å². The SMILES string of the molecule is Cc1nc(NCCC2=CCCCC2)cc(N2CCN(C=O)CC2)n1. The predicted molar refractivity (Wildman–Crippen MR) is 96.3 cm³/mol. The van der Waals surface area contributed by atoms with Crippen molar-refractivity contribution < 1.29 is 4.79 Å². The molecular formula is C18H27N5O. The average molecular weight is 329 g/mol. The van der Waals surface area contributed by atoms with Gasteiger partial charge in [0.05, 0.1) is 0 Å². The summed E-state index contributed by atoms with van der Waals surface area (Å²) in [7, 11) is 0. The Morgan fingerprint density at radius 1 is 1.21 bits per heavy atom. The van der Waals surface area contributed by atoms with Gasteiger partial charge in [-0.05, 0) is 39.0 Å². The van der Waals surface area contributed by atoms with Crippen molar-refractivity contribution in [1.29, 1.82) is 0 Å². The highest BCUT2D eigenvalue weighted by Gasteiger charge is 2.17. The predicted octanol–water partition coefficient (Wildman–Crippen LogP) is 2.37. The molecule has 1 saturated heterocycles. The molecule has 1 fully saturated rings. The van der Waals surface area contributed by atoms with E-state index in [0.717, 1.165) is 63.0 Å². The number of nitrogens with one attached hydrogen (secondary N) is 1. The van der Waals surface area contributed by atoms with Crippen molar-refractivity contribution >= 4 is 18.0 Å². The zero-order valence-corrected chi connectivity index (χ0v) is 14.5. The highest BCUT2D eigenvalue weighted by atomic mass is 16.1. The van der Waals surface area contributed by atoms with Crippen LogP contribution in [0.4, 0.5) is 11.6 Å². The molecule has 2 aliphatic rings. The number of nitrogens with zero attached hydrogens (tertiary/aromatic N) is 4. The van der Waals surface area contributed by atoms with Gasteiger partial charge in [-0.25, -0.2) is 9.97 Å². The van der Waals surface area contributed by atoms with Crippen LogP contribution in [0.15, 0.2) is 17.7 Å². The number of hydrogen-bond donors (Lipinski definition) is 1. The standard InChI is InChI=1S/C18H27N5O/c1-15-20-17(19-8-7-16-5-3-2-4-6-16)13-18(21-15)23-11-9-22(14-24)10-12-23/h5,13-14H,2-4,6-12H2,1H3,(H,19,20,21). The van der Waals surface area contributed by atoms with Crippen molar-refractivity contribution in [3.63, 3.8) is 0 Å². The van der Waals surface area contributed by atoms with E-state index in [9.17, 15) is 4.79 Å². The van der Waals surface area contributed by atoms with Crippen LogP contribution in [0, 0.1) is 6.92 Å². The molecule has 1 N–H and O–H groups in total. The lowest BCUT2D eigenvalue weighted by atomic mass is 9.97. The van der Waals surface area contributed by atoms with Crippen LogP contribution in [0.25, 0.3) is 0 Å². The topological polar surface area (TPSA) is 61.4 Å². The van der Waals surface area contributed by atoms with Gasteiger partial charge in [-0.1, -0.05) is 11.6 Å². The van der Waals surface area contributed by atoms with Crippen molar-refractivity contribution in [2.24, 2.45) is 0 Å². The zero-order chi connectivity index (χ0) is 16.8. The van der Waals surface area contributed by atoms with Gasteiger partial charge in [0.25, 0.3) is 0 Å². The molecule has 0 radical (unpaired) electrons. The summed E-state index contributed by atoms with van der Waals surface area (Å²) in [6.07, 6.45) is 9.56. The van der Waals surface area contributed by atoms with E-state index in [1.807, 2.05) is 17.9 Å². The fourth-order valence-corrected chi connectivity index (χ4v) is 3.34. The molecule has 1 aliphatic heterocycles. The second kappa shape index (κ2) is 8.13. The molecule has 6 heteroatoms. The quantitative estimate of drug-likeness (QED) is 0.641. The zero-order valence-electron chi connectivity index (χ0n) is 14.5. The molecule has 0 saturated carbocycles. The van der Waals surface area contributed by atoms with Gasteiger partial charge < -0.3 is 15.1 Å². The molecule has 130 valence electrons. The van der Waals surface area contributed by atoms with E-state index >= 15 is 0 Å². The maximum atomic E-state index is 10.8. The first-order valence-electron chi connectivity index (χ1n) is 8.96. The minimum Gasteiger partial charge on any atom is -0.370 e. The third-order valence-electron chi connectivity index (χ3n) is 4.75. The van der Waals surface area contributed by atoms with Crippen LogP contribution in [0.5, 0.6) is 0 Å². The molecule has 0 atom stereocenters. The summed E-state index contributed by atoms with van der Waals surface area (Å²) in [5.74, 6) is 2.63. The van der Waals surface area contributed by atoms with Crippen LogP contribution in [-0.4, -0.2) is 54.0 Å². The smallest absolute Gasteiger partial charge is 0.209 e. The summed E-state index contributed by atoms with van der Waals surface area (Å²) in [5.41, 5.74) is 1.57. The van der Waals surface area contributed by atoms with E-state index in [2.05, 4.69) is 26.3 Å². The van der Waals surface area contributed by atoms with Crippen molar-refractivity contribution in [2.75, 3.05) is 42.9 Å². The summed E-state index contributed by atoms with van der Waals surface area (Å²) in [4.78, 5) is 23.9. The number of amides is 1. The first-order valence-corrected chi connectivity index (χ1v) is 8.96. The number of aryl methyl sites for hydroxylation is 1. The first-order chi connectivity index (χ1) is 11.7. The van der Waals surface area contributed by atoms with Gasteiger partial charge in [-0.3, -0.25) is 4.79 Å². The van der Waals surface area contributed by atoms with E-state index in [-0.39, 0.29) is 0 Å². The molecule has 3 rings (SSSR count). The van der Waals surface area contributed by atoms with Gasteiger partial charge in [0, 0.05) is 38.8 Å². The van der Waals surface area contributed by atoms with Gasteiger partial charge in [0.15, 0.2) is 0 Å². The van der Waals surface area contributed by atoms with Gasteiger partial charge >= 0.3 is 0 Å². The van der Waals surface area contributed by atoms with Crippen LogP contribution < -0.4 is 10.2 Å². The summed E-state index contributed by atoms with van der Waals surface area (Å²) >= 11 is 0. The second-order valence-corrected chi connectivity index (χ2v) is 6.57. The Morgan fingerprint density at radius 2 is 2.04 bits per heavy atom. The lowest BCUT2D eigenvalue weighted by Gasteiger charge is -2.33. The summed E-state index contributed by atoms with van der Waals surface area (Å²) in [6.45, 7) is 6.00. The van der Waals surface area contributed by atoms with Crippen molar-refractivity contribution in [3.05, 3.63) is 23.5 Å². The van der Waals surface area contributed by atoms with E-state index in [4.69, 9.17) is 0 Å². The molecule has 0 bridgehead atoms. The Labute approximate surface area is 144 Å². The third kappa shape index (κ3) is 4.46. The van der Waals surface area contributed by atoms with Crippen LogP contribution in [-0.2, 0) is 4.79 Å². The summed E-state index contributed by atoms with van der Waals surface area (Å²) in [6, 6.07) is 2.03. The van der Waals surface area contributed by atoms with Crippen molar-refractivity contribution in [1.82, 2.24) is 14.9 Å². The molecule has 1 aliphatic carbocycles. The maximum absolute atomic E-state index is 10.8. The van der Waals surface area contributed by atoms with E-state index in [1.54, 1.807) is 5.57 Å². The number of hydrogen-bond acceptors (Lipinski definition) is 5. The lowest BCUT2D eigenvalue weighted by Crippen LogP contribution is -2.46. The molecule has 0 aromatic carbocycles. The van der Waals surface area contributed by atoms with Crippen LogP contribution >= 0.6 is 0 Å². The second-order valence-electron chi connectivity index (χ2n) is 6.57. The summed E-state index contributed by atoms with van der Waals surface area (Å²) in [5, 5.41) is 3.45. The van der Waals surface area contributed by atoms with Crippen molar-refractivity contribution in [3.8, 4) is 0 Å². The molecule has 6 nitrogen and oxygen atoms in total. The Morgan fingerprint density at radius 3 is 2.75 bits per heavy atom. The van der Waals surface area contributed by atoms with Crippen LogP contribution in [0.3, 0.4) is 0 Å². The largest absolute Gasteiger partial charge is 0.370 e. The van der Waals surface area contributed by atoms with Crippen LogP contribution in [0.2, 0.25) is 0 Å². The first kappa shape index (κ1) is 16.7. The number of allylic oxidation sites excluding steroid dienone is 1. The molecule has 2 heterocycles. The molecule has 1 aromatic heterocycles. The van der Waals surface area contributed by atoms with E-state index in [0.29, 0.717) is 0 Å². The number of piperazine rings is 1. The Bertz CT molecular complexity index is 593. The minimum absolute atomic E-state index is 0.753. The van der Waals surface area contributed by atoms with E-state index < -0.39 is 0 Å². The number of rotatable bonds is 6. The Kier molecular flexibility index (Phi) is 5.67. The Hall–Kier alpha value is -2.11. The molecular weight excluding hydrogens is 302 g/mol. The molecule has 24 heavy (non-hydrogen) atoms. The van der Waals surface area contributed by atoms with Crippen LogP contribution in [0.1, 0.15) is 37.9 Å². The monoisotopic (exact) mass is 329 g/mol. The highest BCUT2D eigenvalue weighted by molar-refractivity contribution is 5.52. The van der Waals surface area contributed by atoms with Gasteiger partial charge in [0.1, 0.15) is 17.5 Å². The molecule has 0 spiro atoms. The van der Waals surface area contributed by atoms with Gasteiger partial charge in [-0.15, -0.1) is 0 Å². The minimum atomic E-state index is 0.753. The molecule has 0 unspecified atom stereocenters. The third-order valence-corrected chi connectivity index (χ3v) is 4.75. The maximum Gasteiger partial charge on any atom is 0.209 e. The number of aromatic nitrogens is 2. The van der Waals surface area contributed by atoms with E-state index in [1.165, 1.54) is 25.7 Å². The van der Waals surface area contributed by atoms with Gasteiger partial charge in [0.2, 0.25) is 6.41 Å². The average Bonchev–Trinajstić information content (AvgIpc) is 2.62. The fourth-order valence-electron chi connectivity index (χ4n) is 3.34. The number of carbonyl (C=O) groups excluding carboxylic acids is 1. The molecule has 1 amide bonds. The lowest BCUT2D eigenvalue weighted by molar-refractivity contribution is -0.118. The Balaban J connectivity index is 1.57. The summed E-state index contributed by atoms with van der Waals surface area (Å²) < 4.78 is 0. The highest BCUT2D eigenvalue weighted by Crippen LogP contribution is 2.21.